The highest BCUT2D eigenvalue weighted by Gasteiger charge is 2.38. The van der Waals surface area contributed by atoms with Gasteiger partial charge in [0, 0.05) is 36.4 Å². The van der Waals surface area contributed by atoms with E-state index >= 15 is 0 Å². The third-order valence-electron chi connectivity index (χ3n) is 5.18. The van der Waals surface area contributed by atoms with Crippen LogP contribution in [0, 0.1) is 5.82 Å². The van der Waals surface area contributed by atoms with E-state index in [0.29, 0.717) is 10.7 Å². The number of imide groups is 1. The Balaban J connectivity index is 1.76. The number of rotatable bonds is 11. The third kappa shape index (κ3) is 7.86. The molecule has 3 rings (SSSR count). The Hall–Kier alpha value is -3.77. The monoisotopic (exact) mass is 536 g/mol. The van der Waals surface area contributed by atoms with Crippen molar-refractivity contribution in [2.75, 3.05) is 31.6 Å². The number of hydrogen-bond acceptors (Lipinski definition) is 6. The number of carbonyl (C=O) groups excluding carboxylic acids is 3. The zero-order valence-electron chi connectivity index (χ0n) is 20.5. The second kappa shape index (κ2) is 13.0. The Labute approximate surface area is 218 Å². The second-order valence-electron chi connectivity index (χ2n) is 8.40. The summed E-state index contributed by atoms with van der Waals surface area (Å²) in [6.45, 7) is 3.42. The van der Waals surface area contributed by atoms with Crippen LogP contribution in [0.15, 0.2) is 42.5 Å². The number of carbonyl (C=O) groups is 3. The molecule has 0 bridgehead atoms. The summed E-state index contributed by atoms with van der Waals surface area (Å²) in [5.41, 5.74) is 1.07. The van der Waals surface area contributed by atoms with Gasteiger partial charge in [-0.15, -0.1) is 0 Å². The van der Waals surface area contributed by atoms with Gasteiger partial charge in [0.1, 0.15) is 0 Å². The molecule has 5 N–H and O–H groups in total. The molecule has 2 aromatic rings. The van der Waals surface area contributed by atoms with Crippen molar-refractivity contribution >= 4 is 35.4 Å². The minimum absolute atomic E-state index is 0.00811. The van der Waals surface area contributed by atoms with Crippen LogP contribution in [0.5, 0.6) is 5.75 Å². The summed E-state index contributed by atoms with van der Waals surface area (Å²) in [5, 5.41) is 19.9. The molecule has 2 aromatic carbocycles. The Morgan fingerprint density at radius 2 is 1.86 bits per heavy atom. The molecule has 200 valence electrons. The Bertz CT molecular complexity index is 1100. The molecule has 6 amide bonds. The number of amides is 6. The van der Waals surface area contributed by atoms with E-state index in [1.165, 1.54) is 17.0 Å². The Kier molecular flexibility index (Phi) is 9.75. The summed E-state index contributed by atoms with van der Waals surface area (Å²) in [4.78, 5) is 40.2. The number of ether oxygens (including phenoxy) is 1. The first-order valence-corrected chi connectivity index (χ1v) is 12.0. The highest BCUT2D eigenvalue weighted by molar-refractivity contribution is 6.30. The fraction of sp³-hybridized carbons (Fsp3) is 0.375. The van der Waals surface area contributed by atoms with Gasteiger partial charge in [-0.3, -0.25) is 10.2 Å². The molecule has 0 aliphatic carbocycles. The molecule has 13 heteroatoms. The van der Waals surface area contributed by atoms with Gasteiger partial charge in [0.2, 0.25) is 0 Å². The lowest BCUT2D eigenvalue weighted by Crippen LogP contribution is -2.67. The lowest BCUT2D eigenvalue weighted by Gasteiger charge is -2.41. The van der Waals surface area contributed by atoms with Crippen LogP contribution < -0.4 is 26.0 Å². The molecular formula is C24H30ClFN6O5. The predicted octanol–water partition coefficient (Wildman–Crippen LogP) is 2.90. The second-order valence-corrected chi connectivity index (χ2v) is 8.84. The lowest BCUT2D eigenvalue weighted by atomic mass is 10.2. The molecule has 0 saturated carbocycles. The van der Waals surface area contributed by atoms with Gasteiger partial charge in [0.05, 0.1) is 19.3 Å². The van der Waals surface area contributed by atoms with E-state index in [9.17, 15) is 18.8 Å². The molecule has 0 radical (unpaired) electrons. The maximum absolute atomic E-state index is 14.5. The molecular weight excluding hydrogens is 507 g/mol. The number of benzene rings is 2. The smallest absolute Gasteiger partial charge is 0.331 e. The normalized spacial score (nSPS) is 15.5. The molecule has 0 spiro atoms. The molecule has 1 fully saturated rings. The van der Waals surface area contributed by atoms with E-state index in [2.05, 4.69) is 21.3 Å². The van der Waals surface area contributed by atoms with Crippen molar-refractivity contribution in [2.24, 2.45) is 0 Å². The molecule has 1 aliphatic heterocycles. The van der Waals surface area contributed by atoms with E-state index < -0.39 is 30.2 Å². The highest BCUT2D eigenvalue weighted by atomic mass is 35.5. The molecule has 1 saturated heterocycles. The number of anilines is 1. The molecule has 1 aliphatic rings. The number of aliphatic hydroxyl groups excluding tert-OH is 1. The molecule has 1 atom stereocenters. The van der Waals surface area contributed by atoms with Crippen molar-refractivity contribution in [1.82, 2.24) is 25.8 Å². The Morgan fingerprint density at radius 3 is 2.51 bits per heavy atom. The van der Waals surface area contributed by atoms with Crippen LogP contribution in [-0.2, 0) is 6.54 Å². The van der Waals surface area contributed by atoms with Crippen molar-refractivity contribution < 1.29 is 28.6 Å². The van der Waals surface area contributed by atoms with E-state index in [1.54, 1.807) is 44.2 Å². The number of nitrogens with zero attached hydrogens (tertiary/aromatic N) is 2. The fourth-order valence-electron chi connectivity index (χ4n) is 3.49. The highest BCUT2D eigenvalue weighted by Crippen LogP contribution is 2.24. The van der Waals surface area contributed by atoms with Crippen molar-refractivity contribution in [3.05, 3.63) is 58.9 Å². The predicted molar refractivity (Wildman–Crippen MR) is 136 cm³/mol. The number of nitrogens with one attached hydrogen (secondary N) is 4. The SMILES string of the molecule is CC(C)Oc1ccc(NC2NC(=O)N(CCNC(=O)NCCO)C(=O)N2Cc2ccc(Cl)cc2)cc1F. The van der Waals surface area contributed by atoms with Crippen LogP contribution in [0.25, 0.3) is 0 Å². The maximum atomic E-state index is 14.5. The van der Waals surface area contributed by atoms with E-state index in [4.69, 9.17) is 21.4 Å². The van der Waals surface area contributed by atoms with E-state index in [-0.39, 0.29) is 44.6 Å². The van der Waals surface area contributed by atoms with Gasteiger partial charge < -0.3 is 25.8 Å². The van der Waals surface area contributed by atoms with E-state index in [1.807, 2.05) is 0 Å². The zero-order valence-corrected chi connectivity index (χ0v) is 21.2. The van der Waals surface area contributed by atoms with Gasteiger partial charge in [0.15, 0.2) is 17.9 Å². The van der Waals surface area contributed by atoms with Gasteiger partial charge in [-0.1, -0.05) is 23.7 Å². The summed E-state index contributed by atoms with van der Waals surface area (Å²) in [6, 6.07) is 9.29. The van der Waals surface area contributed by atoms with Crippen molar-refractivity contribution in [1.29, 1.82) is 0 Å². The average molecular weight is 537 g/mol. The van der Waals surface area contributed by atoms with E-state index in [0.717, 1.165) is 10.5 Å². The Morgan fingerprint density at radius 1 is 1.16 bits per heavy atom. The van der Waals surface area contributed by atoms with Gasteiger partial charge in [-0.05, 0) is 43.7 Å². The molecule has 0 aromatic heterocycles. The zero-order chi connectivity index (χ0) is 26.9. The summed E-state index contributed by atoms with van der Waals surface area (Å²) < 4.78 is 20.0. The van der Waals surface area contributed by atoms with Crippen LogP contribution in [0.4, 0.5) is 24.5 Å². The third-order valence-corrected chi connectivity index (χ3v) is 5.43. The van der Waals surface area contributed by atoms with Crippen LogP contribution in [0.3, 0.4) is 0 Å². The first-order valence-electron chi connectivity index (χ1n) is 11.7. The van der Waals surface area contributed by atoms with Crippen LogP contribution in [0.1, 0.15) is 19.4 Å². The average Bonchev–Trinajstić information content (AvgIpc) is 2.85. The summed E-state index contributed by atoms with van der Waals surface area (Å²) in [5.74, 6) is -0.507. The number of aliphatic hydroxyl groups is 1. The van der Waals surface area contributed by atoms with Gasteiger partial charge in [-0.25, -0.2) is 23.7 Å². The number of urea groups is 3. The lowest BCUT2D eigenvalue weighted by molar-refractivity contribution is 0.107. The van der Waals surface area contributed by atoms with Crippen molar-refractivity contribution in [2.45, 2.75) is 32.8 Å². The van der Waals surface area contributed by atoms with Crippen LogP contribution in [0.2, 0.25) is 5.02 Å². The number of hydrogen-bond donors (Lipinski definition) is 5. The summed E-state index contributed by atoms with van der Waals surface area (Å²) >= 11 is 5.98. The van der Waals surface area contributed by atoms with Gasteiger partial charge in [-0.2, -0.15) is 0 Å². The summed E-state index contributed by atoms with van der Waals surface area (Å²) in [6.07, 6.45) is -1.20. The largest absolute Gasteiger partial charge is 0.488 e. The van der Waals surface area contributed by atoms with Gasteiger partial charge >= 0.3 is 18.1 Å². The van der Waals surface area contributed by atoms with Crippen molar-refractivity contribution in [3.8, 4) is 5.75 Å². The molecule has 11 nitrogen and oxygen atoms in total. The first kappa shape index (κ1) is 27.8. The van der Waals surface area contributed by atoms with Gasteiger partial charge in [0.25, 0.3) is 0 Å². The maximum Gasteiger partial charge on any atom is 0.331 e. The quantitative estimate of drug-likeness (QED) is 0.300. The topological polar surface area (TPSA) is 135 Å². The number of halogens is 2. The van der Waals surface area contributed by atoms with Crippen LogP contribution in [-0.4, -0.2) is 71.6 Å². The summed E-state index contributed by atoms with van der Waals surface area (Å²) in [7, 11) is 0. The first-order chi connectivity index (χ1) is 17.7. The molecule has 37 heavy (non-hydrogen) atoms. The minimum atomic E-state index is -0.996. The fourth-order valence-corrected chi connectivity index (χ4v) is 3.62. The standard InChI is InChI=1S/C24H30ClFN6O5/c1-15(2)37-20-8-7-18(13-19(20)26)29-21-30-23(35)31(11-9-27-22(34)28-10-12-33)24(36)32(21)14-16-3-5-17(25)6-4-16/h3-8,13,15,21,29,33H,9-12,14H2,1-2H3,(H,30,35)(H2,27,28,34). The molecule has 1 unspecified atom stereocenters. The van der Waals surface area contributed by atoms with Crippen LogP contribution >= 0.6 is 11.6 Å². The van der Waals surface area contributed by atoms with Crippen molar-refractivity contribution in [3.63, 3.8) is 0 Å². The molecule has 1 heterocycles. The minimum Gasteiger partial charge on any atom is -0.488 e.